The highest BCUT2D eigenvalue weighted by atomic mass is 16.6. The van der Waals surface area contributed by atoms with Crippen LogP contribution in [0.1, 0.15) is 6.42 Å². The maximum absolute atomic E-state index is 9.10. The van der Waals surface area contributed by atoms with Crippen LogP contribution in [0.3, 0.4) is 0 Å². The molecule has 1 heterocycles. The minimum atomic E-state index is -1.12. The Hall–Kier alpha value is -0.200. The molecular formula is C6H12O5. The molecule has 1 aliphatic rings. The zero-order valence-electron chi connectivity index (χ0n) is 5.92. The Morgan fingerprint density at radius 3 is 2.45 bits per heavy atom. The average molecular weight is 164 g/mol. The van der Waals surface area contributed by atoms with E-state index in [9.17, 15) is 0 Å². The molecule has 0 amide bonds. The number of aliphatic hydroxyl groups is 4. The maximum atomic E-state index is 9.10. The van der Waals surface area contributed by atoms with Gasteiger partial charge in [0.2, 0.25) is 0 Å². The molecule has 5 heteroatoms. The van der Waals surface area contributed by atoms with Gasteiger partial charge in [-0.2, -0.15) is 0 Å². The molecule has 4 N–H and O–H groups in total. The Morgan fingerprint density at radius 2 is 2.09 bits per heavy atom. The van der Waals surface area contributed by atoms with Gasteiger partial charge < -0.3 is 25.2 Å². The Morgan fingerprint density at radius 1 is 1.45 bits per heavy atom. The smallest absolute Gasteiger partial charge is 0.157 e. The molecule has 11 heavy (non-hydrogen) atoms. The Labute approximate surface area is 63.8 Å². The van der Waals surface area contributed by atoms with Crippen molar-refractivity contribution in [1.29, 1.82) is 0 Å². The summed E-state index contributed by atoms with van der Waals surface area (Å²) >= 11 is 0. The van der Waals surface area contributed by atoms with Gasteiger partial charge in [-0.15, -0.1) is 0 Å². The zero-order chi connectivity index (χ0) is 8.43. The second-order valence-electron chi connectivity index (χ2n) is 2.61. The molecule has 4 atom stereocenters. The van der Waals surface area contributed by atoms with E-state index in [1.165, 1.54) is 0 Å². The molecule has 0 radical (unpaired) electrons. The molecule has 0 aromatic carbocycles. The lowest BCUT2D eigenvalue weighted by atomic mass is 10.1. The van der Waals surface area contributed by atoms with Crippen molar-refractivity contribution in [1.82, 2.24) is 0 Å². The second kappa shape index (κ2) is 3.46. The first-order valence-electron chi connectivity index (χ1n) is 3.45. The van der Waals surface area contributed by atoms with Gasteiger partial charge in [-0.3, -0.25) is 0 Å². The van der Waals surface area contributed by atoms with Gasteiger partial charge in [-0.05, 0) is 0 Å². The number of hydrogen-bond acceptors (Lipinski definition) is 5. The van der Waals surface area contributed by atoms with Crippen molar-refractivity contribution in [3.05, 3.63) is 0 Å². The van der Waals surface area contributed by atoms with Gasteiger partial charge in [-0.1, -0.05) is 0 Å². The fourth-order valence-corrected chi connectivity index (χ4v) is 1.12. The minimum Gasteiger partial charge on any atom is -0.394 e. The van der Waals surface area contributed by atoms with E-state index in [1.807, 2.05) is 0 Å². The first kappa shape index (κ1) is 8.89. The lowest BCUT2D eigenvalue weighted by molar-refractivity contribution is -0.136. The molecule has 0 aromatic heterocycles. The standard InChI is InChI=1S/C6H12O5/c7-2-4(9)6-3(8)1-5(10)11-6/h3-10H,1-2H2/t3-,4+,5-,6-/m0/s1. The molecule has 0 aromatic rings. The van der Waals surface area contributed by atoms with Gasteiger partial charge in [-0.25, -0.2) is 0 Å². The van der Waals surface area contributed by atoms with Crippen molar-refractivity contribution in [2.75, 3.05) is 6.61 Å². The lowest BCUT2D eigenvalue weighted by Crippen LogP contribution is -2.36. The first-order valence-corrected chi connectivity index (χ1v) is 3.45. The summed E-state index contributed by atoms with van der Waals surface area (Å²) in [4.78, 5) is 0. The fourth-order valence-electron chi connectivity index (χ4n) is 1.12. The van der Waals surface area contributed by atoms with Crippen molar-refractivity contribution in [2.45, 2.75) is 31.0 Å². The van der Waals surface area contributed by atoms with E-state index in [4.69, 9.17) is 25.2 Å². The molecule has 5 nitrogen and oxygen atoms in total. The van der Waals surface area contributed by atoms with E-state index in [0.29, 0.717) is 0 Å². The van der Waals surface area contributed by atoms with Crippen LogP contribution in [0, 0.1) is 0 Å². The number of hydrogen-bond donors (Lipinski definition) is 4. The van der Waals surface area contributed by atoms with Crippen LogP contribution < -0.4 is 0 Å². The van der Waals surface area contributed by atoms with E-state index >= 15 is 0 Å². The zero-order valence-corrected chi connectivity index (χ0v) is 5.92. The number of aliphatic hydroxyl groups excluding tert-OH is 4. The maximum Gasteiger partial charge on any atom is 0.157 e. The van der Waals surface area contributed by atoms with Gasteiger partial charge in [0.25, 0.3) is 0 Å². The van der Waals surface area contributed by atoms with Crippen LogP contribution in [0.2, 0.25) is 0 Å². The van der Waals surface area contributed by atoms with Crippen molar-refractivity contribution in [2.24, 2.45) is 0 Å². The minimum absolute atomic E-state index is 0.0850. The average Bonchev–Trinajstić information content (AvgIpc) is 2.28. The molecule has 0 aliphatic carbocycles. The first-order chi connectivity index (χ1) is 5.15. The van der Waals surface area contributed by atoms with Gasteiger partial charge in [0, 0.05) is 6.42 Å². The largest absolute Gasteiger partial charge is 0.394 e. The van der Waals surface area contributed by atoms with Crippen LogP contribution in [0.4, 0.5) is 0 Å². The number of rotatable bonds is 2. The SMILES string of the molecule is OC[C@@H](O)[C@H]1O[C@H](O)C[C@@H]1O. The van der Waals surface area contributed by atoms with E-state index < -0.39 is 31.2 Å². The third-order valence-electron chi connectivity index (χ3n) is 1.70. The van der Waals surface area contributed by atoms with Gasteiger partial charge in [0.15, 0.2) is 6.29 Å². The summed E-state index contributed by atoms with van der Waals surface area (Å²) in [5.74, 6) is 0. The lowest BCUT2D eigenvalue weighted by Gasteiger charge is -2.17. The molecule has 66 valence electrons. The van der Waals surface area contributed by atoms with Crippen LogP contribution in [0.5, 0.6) is 0 Å². The van der Waals surface area contributed by atoms with E-state index in [0.717, 1.165) is 0 Å². The molecule has 1 aliphatic heterocycles. The summed E-state index contributed by atoms with van der Waals surface area (Å²) in [6.07, 6.45) is -3.83. The highest BCUT2D eigenvalue weighted by Crippen LogP contribution is 2.20. The van der Waals surface area contributed by atoms with Crippen molar-refractivity contribution in [3.63, 3.8) is 0 Å². The van der Waals surface area contributed by atoms with Crippen LogP contribution >= 0.6 is 0 Å². The van der Waals surface area contributed by atoms with Crippen LogP contribution in [-0.4, -0.2) is 51.6 Å². The summed E-state index contributed by atoms with van der Waals surface area (Å²) < 4.78 is 4.72. The molecule has 0 bridgehead atoms. The molecule has 1 saturated heterocycles. The highest BCUT2D eigenvalue weighted by Gasteiger charge is 2.37. The quantitative estimate of drug-likeness (QED) is 0.372. The second-order valence-corrected chi connectivity index (χ2v) is 2.61. The summed E-state index contributed by atoms with van der Waals surface area (Å²) in [5, 5.41) is 35.4. The molecule has 0 saturated carbocycles. The van der Waals surface area contributed by atoms with E-state index in [-0.39, 0.29) is 6.42 Å². The number of ether oxygens (including phenoxy) is 1. The van der Waals surface area contributed by atoms with Gasteiger partial charge in [0.1, 0.15) is 12.2 Å². The van der Waals surface area contributed by atoms with Gasteiger partial charge in [0.05, 0.1) is 12.7 Å². The topological polar surface area (TPSA) is 90.2 Å². The van der Waals surface area contributed by atoms with Gasteiger partial charge >= 0.3 is 0 Å². The molecule has 0 spiro atoms. The van der Waals surface area contributed by atoms with Crippen molar-refractivity contribution in [3.8, 4) is 0 Å². The molecule has 0 unspecified atom stereocenters. The Balaban J connectivity index is 2.45. The fraction of sp³-hybridized carbons (Fsp3) is 1.00. The van der Waals surface area contributed by atoms with Crippen LogP contribution in [-0.2, 0) is 4.74 Å². The normalized spacial score (nSPS) is 40.9. The third kappa shape index (κ3) is 1.88. The Kier molecular flexibility index (Phi) is 2.80. The molecular weight excluding hydrogens is 152 g/mol. The van der Waals surface area contributed by atoms with Crippen LogP contribution in [0.15, 0.2) is 0 Å². The molecule has 1 rings (SSSR count). The third-order valence-corrected chi connectivity index (χ3v) is 1.70. The summed E-state index contributed by atoms with van der Waals surface area (Å²) in [5.41, 5.74) is 0. The Bertz CT molecular complexity index is 124. The molecule has 1 fully saturated rings. The van der Waals surface area contributed by atoms with E-state index in [1.54, 1.807) is 0 Å². The summed E-state index contributed by atoms with van der Waals surface area (Å²) in [6, 6.07) is 0. The summed E-state index contributed by atoms with van der Waals surface area (Å²) in [6.45, 7) is -0.478. The monoisotopic (exact) mass is 164 g/mol. The highest BCUT2D eigenvalue weighted by molar-refractivity contribution is 4.82. The van der Waals surface area contributed by atoms with Crippen LogP contribution in [0.25, 0.3) is 0 Å². The van der Waals surface area contributed by atoms with Crippen molar-refractivity contribution < 1.29 is 25.2 Å². The summed E-state index contributed by atoms with van der Waals surface area (Å²) in [7, 11) is 0. The predicted octanol–water partition coefficient (Wildman–Crippen LogP) is -2.19. The predicted molar refractivity (Wildman–Crippen MR) is 34.6 cm³/mol. The van der Waals surface area contributed by atoms with E-state index in [2.05, 4.69) is 0 Å². The van der Waals surface area contributed by atoms with Crippen molar-refractivity contribution >= 4 is 0 Å².